The number of carbonyl (C=O) groups excluding carboxylic acids is 2. The molecular formula is C17H18ClN3O2. The number of halogens is 1. The van der Waals surface area contributed by atoms with Crippen molar-refractivity contribution in [3.63, 3.8) is 0 Å². The zero-order valence-electron chi connectivity index (χ0n) is 12.9. The molecule has 0 spiro atoms. The maximum atomic E-state index is 12.4. The first-order valence-corrected chi connectivity index (χ1v) is 7.62. The lowest BCUT2D eigenvalue weighted by Crippen LogP contribution is -2.47. The molecule has 0 fully saturated rings. The topological polar surface area (TPSA) is 71.1 Å². The van der Waals surface area contributed by atoms with Gasteiger partial charge in [0.15, 0.2) is 0 Å². The summed E-state index contributed by atoms with van der Waals surface area (Å²) in [6.07, 6.45) is 3.18. The highest BCUT2D eigenvalue weighted by Crippen LogP contribution is 2.12. The first kappa shape index (κ1) is 17.0. The van der Waals surface area contributed by atoms with Crippen LogP contribution in [-0.4, -0.2) is 22.8 Å². The number of nitrogens with one attached hydrogen (secondary N) is 2. The van der Waals surface area contributed by atoms with Crippen molar-refractivity contribution in [3.05, 3.63) is 59.4 Å². The summed E-state index contributed by atoms with van der Waals surface area (Å²) in [5.74, 6) is -0.646. The lowest BCUT2D eigenvalue weighted by molar-refractivity contribution is -0.118. The van der Waals surface area contributed by atoms with Crippen LogP contribution in [0.25, 0.3) is 0 Å². The Morgan fingerprint density at radius 1 is 1.04 bits per heavy atom. The largest absolute Gasteiger partial charge is 0.340 e. The van der Waals surface area contributed by atoms with Crippen molar-refractivity contribution in [2.75, 3.05) is 5.32 Å². The van der Waals surface area contributed by atoms with Crippen LogP contribution in [0.1, 0.15) is 24.2 Å². The average molecular weight is 332 g/mol. The van der Waals surface area contributed by atoms with Gasteiger partial charge in [0.05, 0.1) is 0 Å². The summed E-state index contributed by atoms with van der Waals surface area (Å²) in [4.78, 5) is 28.6. The third kappa shape index (κ3) is 4.79. The fourth-order valence-electron chi connectivity index (χ4n) is 2.02. The molecule has 23 heavy (non-hydrogen) atoms. The molecule has 1 heterocycles. The Bertz CT molecular complexity index is 672. The van der Waals surface area contributed by atoms with E-state index in [4.69, 9.17) is 11.6 Å². The van der Waals surface area contributed by atoms with Crippen molar-refractivity contribution < 1.29 is 9.59 Å². The van der Waals surface area contributed by atoms with Gasteiger partial charge in [0, 0.05) is 28.7 Å². The van der Waals surface area contributed by atoms with Crippen LogP contribution in [0.15, 0.2) is 48.8 Å². The number of benzene rings is 1. The van der Waals surface area contributed by atoms with Gasteiger partial charge >= 0.3 is 0 Å². The van der Waals surface area contributed by atoms with E-state index in [1.54, 1.807) is 48.8 Å². The molecule has 0 unspecified atom stereocenters. The smallest absolute Gasteiger partial charge is 0.251 e. The van der Waals surface area contributed by atoms with Crippen molar-refractivity contribution in [3.8, 4) is 0 Å². The lowest BCUT2D eigenvalue weighted by Gasteiger charge is -2.21. The predicted molar refractivity (Wildman–Crippen MR) is 90.4 cm³/mol. The van der Waals surface area contributed by atoms with Crippen molar-refractivity contribution >= 4 is 29.1 Å². The van der Waals surface area contributed by atoms with Gasteiger partial charge in [0.2, 0.25) is 5.91 Å². The Kier molecular flexibility index (Phi) is 5.71. The number of rotatable bonds is 5. The van der Waals surface area contributed by atoms with Crippen LogP contribution < -0.4 is 10.6 Å². The Labute approximate surface area is 140 Å². The average Bonchev–Trinajstić information content (AvgIpc) is 2.53. The summed E-state index contributed by atoms with van der Waals surface area (Å²) < 4.78 is 0. The minimum Gasteiger partial charge on any atom is -0.340 e. The summed E-state index contributed by atoms with van der Waals surface area (Å²) in [6, 6.07) is 9.25. The number of nitrogens with zero attached hydrogens (tertiary/aromatic N) is 1. The molecule has 0 radical (unpaired) electrons. The molecule has 0 saturated heterocycles. The Hall–Kier alpha value is -2.40. The number of hydrogen-bond acceptors (Lipinski definition) is 3. The Morgan fingerprint density at radius 3 is 2.22 bits per heavy atom. The van der Waals surface area contributed by atoms with Gasteiger partial charge in [-0.2, -0.15) is 0 Å². The Balaban J connectivity index is 2.07. The molecule has 1 atom stereocenters. The van der Waals surface area contributed by atoms with E-state index < -0.39 is 6.04 Å². The van der Waals surface area contributed by atoms with Crippen LogP contribution in [0.4, 0.5) is 5.69 Å². The monoisotopic (exact) mass is 331 g/mol. The molecular weight excluding hydrogens is 314 g/mol. The standard InChI is InChI=1S/C17H18ClN3O2/c1-11(2)15(17(23)20-14-7-9-19-10-8-14)21-16(22)12-3-5-13(18)6-4-12/h3-11,15H,1-2H3,(H,21,22)(H,19,20,23)/t15-/m1/s1. The molecule has 0 aliphatic rings. The minimum absolute atomic E-state index is 0.0620. The highest BCUT2D eigenvalue weighted by molar-refractivity contribution is 6.30. The zero-order valence-corrected chi connectivity index (χ0v) is 13.7. The summed E-state index contributed by atoms with van der Waals surface area (Å²) in [5.41, 5.74) is 1.09. The van der Waals surface area contributed by atoms with Gasteiger partial charge in [-0.25, -0.2) is 0 Å². The SMILES string of the molecule is CC(C)[C@@H](NC(=O)c1ccc(Cl)cc1)C(=O)Nc1ccncc1. The number of aromatic nitrogens is 1. The van der Waals surface area contributed by atoms with Crippen molar-refractivity contribution in [2.45, 2.75) is 19.9 Å². The van der Waals surface area contributed by atoms with E-state index in [9.17, 15) is 9.59 Å². The van der Waals surface area contributed by atoms with E-state index in [0.717, 1.165) is 0 Å². The molecule has 0 saturated carbocycles. The molecule has 0 aliphatic carbocycles. The molecule has 1 aromatic carbocycles. The fourth-order valence-corrected chi connectivity index (χ4v) is 2.14. The highest BCUT2D eigenvalue weighted by Gasteiger charge is 2.24. The van der Waals surface area contributed by atoms with Crippen LogP contribution in [0, 0.1) is 5.92 Å². The van der Waals surface area contributed by atoms with E-state index in [0.29, 0.717) is 16.3 Å². The van der Waals surface area contributed by atoms with Gasteiger partial charge in [0.1, 0.15) is 6.04 Å². The second-order valence-corrected chi connectivity index (χ2v) is 5.86. The van der Waals surface area contributed by atoms with Crippen LogP contribution in [0.2, 0.25) is 5.02 Å². The van der Waals surface area contributed by atoms with E-state index >= 15 is 0 Å². The van der Waals surface area contributed by atoms with Crippen molar-refractivity contribution in [1.82, 2.24) is 10.3 Å². The zero-order chi connectivity index (χ0) is 16.8. The summed E-state index contributed by atoms with van der Waals surface area (Å²) in [6.45, 7) is 3.75. The maximum absolute atomic E-state index is 12.4. The van der Waals surface area contributed by atoms with Crippen LogP contribution >= 0.6 is 11.6 Å². The van der Waals surface area contributed by atoms with Crippen molar-refractivity contribution in [1.29, 1.82) is 0 Å². The number of carbonyl (C=O) groups is 2. The molecule has 0 bridgehead atoms. The highest BCUT2D eigenvalue weighted by atomic mass is 35.5. The molecule has 2 N–H and O–H groups in total. The van der Waals surface area contributed by atoms with Gasteiger partial charge in [-0.1, -0.05) is 25.4 Å². The Morgan fingerprint density at radius 2 is 1.65 bits per heavy atom. The summed E-state index contributed by atoms with van der Waals surface area (Å²) in [5, 5.41) is 6.09. The third-order valence-electron chi connectivity index (χ3n) is 3.29. The number of hydrogen-bond donors (Lipinski definition) is 2. The van der Waals surface area contributed by atoms with Gasteiger partial charge in [0.25, 0.3) is 5.91 Å². The van der Waals surface area contributed by atoms with E-state index in [2.05, 4.69) is 15.6 Å². The predicted octanol–water partition coefficient (Wildman–Crippen LogP) is 3.13. The molecule has 6 heteroatoms. The number of anilines is 1. The second kappa shape index (κ2) is 7.74. The van der Waals surface area contributed by atoms with E-state index in [-0.39, 0.29) is 17.7 Å². The van der Waals surface area contributed by atoms with Gasteiger partial charge in [-0.3, -0.25) is 14.6 Å². The summed E-state index contributed by atoms with van der Waals surface area (Å²) >= 11 is 5.81. The van der Waals surface area contributed by atoms with Crippen LogP contribution in [0.3, 0.4) is 0 Å². The van der Waals surface area contributed by atoms with Gasteiger partial charge < -0.3 is 10.6 Å². The quantitative estimate of drug-likeness (QED) is 0.884. The molecule has 1 aromatic heterocycles. The van der Waals surface area contributed by atoms with Crippen LogP contribution in [0.5, 0.6) is 0 Å². The molecule has 2 aromatic rings. The summed E-state index contributed by atoms with van der Waals surface area (Å²) in [7, 11) is 0. The second-order valence-electron chi connectivity index (χ2n) is 5.43. The third-order valence-corrected chi connectivity index (χ3v) is 3.54. The maximum Gasteiger partial charge on any atom is 0.251 e. The van der Waals surface area contributed by atoms with E-state index in [1.165, 1.54) is 0 Å². The van der Waals surface area contributed by atoms with Gasteiger partial charge in [-0.05, 0) is 42.3 Å². The first-order valence-electron chi connectivity index (χ1n) is 7.24. The minimum atomic E-state index is -0.647. The molecule has 2 amide bonds. The number of amides is 2. The van der Waals surface area contributed by atoms with Gasteiger partial charge in [-0.15, -0.1) is 0 Å². The molecule has 120 valence electrons. The van der Waals surface area contributed by atoms with Crippen LogP contribution in [-0.2, 0) is 4.79 Å². The van der Waals surface area contributed by atoms with E-state index in [1.807, 2.05) is 13.8 Å². The lowest BCUT2D eigenvalue weighted by atomic mass is 10.0. The normalized spacial score (nSPS) is 11.8. The number of pyridine rings is 1. The molecule has 0 aliphatic heterocycles. The molecule has 2 rings (SSSR count). The van der Waals surface area contributed by atoms with Crippen molar-refractivity contribution in [2.24, 2.45) is 5.92 Å². The molecule has 5 nitrogen and oxygen atoms in total. The fraction of sp³-hybridized carbons (Fsp3) is 0.235. The first-order chi connectivity index (χ1) is 11.0.